The van der Waals surface area contributed by atoms with Crippen LogP contribution >= 0.6 is 0 Å². The average molecular weight is 428 g/mol. The Kier molecular flexibility index (Phi) is 4.64. The summed E-state index contributed by atoms with van der Waals surface area (Å²) in [6.45, 7) is 2.95. The summed E-state index contributed by atoms with van der Waals surface area (Å²) in [4.78, 5) is 38.6. The minimum atomic E-state index is -0.563. The molecule has 3 amide bonds. The number of anilines is 1. The zero-order chi connectivity index (χ0) is 21.7. The molecule has 1 N–H and O–H groups in total. The van der Waals surface area contributed by atoms with Gasteiger partial charge in [-0.3, -0.25) is 14.5 Å². The quantitative estimate of drug-likeness (QED) is 0.778. The molecule has 0 radical (unpaired) electrons. The number of aromatic nitrogens is 1. The molecule has 2 aliphatic heterocycles. The fourth-order valence-electron chi connectivity index (χ4n) is 4.69. The highest BCUT2D eigenvalue weighted by Gasteiger charge is 2.58. The molecule has 3 aliphatic rings. The number of hydrogen-bond acceptors (Lipinski definition) is 6. The molecule has 4 atom stereocenters. The van der Waals surface area contributed by atoms with Crippen LogP contribution in [0.1, 0.15) is 29.0 Å². The zero-order valence-electron chi connectivity index (χ0n) is 16.8. The molecule has 3 fully saturated rings. The SMILES string of the molecule is CC(=O)NC[C@H]1CN(c2ccc(C3[C@H]4CN(C(=O)c5ccno5)C[C@@H]34)c(F)c2)C(=O)O1. The Morgan fingerprint density at radius 1 is 1.23 bits per heavy atom. The lowest BCUT2D eigenvalue weighted by atomic mass is 10.0. The molecule has 2 aromatic rings. The van der Waals surface area contributed by atoms with Crippen molar-refractivity contribution in [3.63, 3.8) is 0 Å². The average Bonchev–Trinajstić information content (AvgIpc) is 3.21. The normalized spacial score (nSPS) is 26.6. The van der Waals surface area contributed by atoms with Crippen LogP contribution < -0.4 is 10.2 Å². The number of carbonyl (C=O) groups is 3. The number of nitrogens with one attached hydrogen (secondary N) is 1. The van der Waals surface area contributed by atoms with Gasteiger partial charge in [0.25, 0.3) is 5.91 Å². The van der Waals surface area contributed by atoms with Crippen LogP contribution in [0.5, 0.6) is 0 Å². The van der Waals surface area contributed by atoms with Crippen LogP contribution in [0.25, 0.3) is 0 Å². The van der Waals surface area contributed by atoms with E-state index in [9.17, 15) is 18.8 Å². The van der Waals surface area contributed by atoms with Crippen molar-refractivity contribution in [2.24, 2.45) is 11.8 Å². The third-order valence-corrected chi connectivity index (χ3v) is 6.24. The highest BCUT2D eigenvalue weighted by atomic mass is 19.1. The van der Waals surface area contributed by atoms with Gasteiger partial charge in [0, 0.05) is 26.1 Å². The molecule has 1 aromatic heterocycles. The van der Waals surface area contributed by atoms with Crippen LogP contribution in [0.4, 0.5) is 14.9 Å². The summed E-state index contributed by atoms with van der Waals surface area (Å²) in [6, 6.07) is 6.31. The maximum absolute atomic E-state index is 14.9. The second-order valence-corrected chi connectivity index (χ2v) is 8.20. The Morgan fingerprint density at radius 3 is 2.65 bits per heavy atom. The number of piperidine rings is 1. The number of fused-ring (bicyclic) bond motifs is 1. The Hall–Kier alpha value is -3.43. The summed E-state index contributed by atoms with van der Waals surface area (Å²) in [6.07, 6.45) is 0.393. The number of likely N-dealkylation sites (tertiary alicyclic amines) is 1. The van der Waals surface area contributed by atoms with E-state index in [1.165, 1.54) is 30.2 Å². The van der Waals surface area contributed by atoms with Crippen LogP contribution in [0.2, 0.25) is 0 Å². The molecule has 1 aromatic carbocycles. The van der Waals surface area contributed by atoms with Gasteiger partial charge in [0.2, 0.25) is 11.7 Å². The lowest BCUT2D eigenvalue weighted by Gasteiger charge is -2.19. The summed E-state index contributed by atoms with van der Waals surface area (Å²) < 4.78 is 25.1. The number of rotatable bonds is 5. The second kappa shape index (κ2) is 7.36. The number of nitrogens with zero attached hydrogens (tertiary/aromatic N) is 3. The number of ether oxygens (including phenoxy) is 1. The summed E-state index contributed by atoms with van der Waals surface area (Å²) in [5.74, 6) is -0.0738. The Labute approximate surface area is 177 Å². The van der Waals surface area contributed by atoms with Gasteiger partial charge in [-0.15, -0.1) is 0 Å². The fraction of sp³-hybridized carbons (Fsp3) is 0.429. The number of hydrogen-bond donors (Lipinski definition) is 1. The highest BCUT2D eigenvalue weighted by Crippen LogP contribution is 2.59. The molecule has 0 bridgehead atoms. The van der Waals surface area contributed by atoms with Gasteiger partial charge in [-0.05, 0) is 35.4 Å². The van der Waals surface area contributed by atoms with Gasteiger partial charge in [-0.1, -0.05) is 11.2 Å². The van der Waals surface area contributed by atoms with E-state index in [0.29, 0.717) is 24.3 Å². The van der Waals surface area contributed by atoms with Gasteiger partial charge in [-0.2, -0.15) is 0 Å². The maximum atomic E-state index is 14.9. The standard InChI is InChI=1S/C21H21FN4O5/c1-11(27)23-7-13-8-26(21(29)30-13)12-2-3-14(17(22)6-12)19-15-9-25(10-16(15)19)20(28)18-4-5-24-31-18/h2-6,13,15-16,19H,7-10H2,1H3,(H,23,27)/t13-,15-,16+,19?/m0/s1. The molecule has 10 heteroatoms. The van der Waals surface area contributed by atoms with Crippen LogP contribution in [0.15, 0.2) is 35.0 Å². The van der Waals surface area contributed by atoms with E-state index in [0.717, 1.165) is 0 Å². The van der Waals surface area contributed by atoms with Gasteiger partial charge in [-0.25, -0.2) is 9.18 Å². The first kappa shape index (κ1) is 19.5. The van der Waals surface area contributed by atoms with Crippen molar-refractivity contribution in [1.82, 2.24) is 15.4 Å². The third kappa shape index (κ3) is 3.51. The monoisotopic (exact) mass is 428 g/mol. The zero-order valence-corrected chi connectivity index (χ0v) is 16.8. The van der Waals surface area contributed by atoms with Gasteiger partial charge in [0.1, 0.15) is 11.9 Å². The van der Waals surface area contributed by atoms with E-state index in [1.807, 2.05) is 0 Å². The van der Waals surface area contributed by atoms with Crippen molar-refractivity contribution in [1.29, 1.82) is 0 Å². The van der Waals surface area contributed by atoms with Crippen molar-refractivity contribution in [2.75, 3.05) is 31.1 Å². The second-order valence-electron chi connectivity index (χ2n) is 8.20. The van der Waals surface area contributed by atoms with Crippen LogP contribution in [-0.4, -0.2) is 60.2 Å². The van der Waals surface area contributed by atoms with Crippen molar-refractivity contribution < 1.29 is 28.0 Å². The molecule has 1 aliphatic carbocycles. The first-order valence-corrected chi connectivity index (χ1v) is 10.1. The van der Waals surface area contributed by atoms with Crippen molar-refractivity contribution >= 4 is 23.6 Å². The first-order valence-electron chi connectivity index (χ1n) is 10.1. The molecule has 5 rings (SSSR count). The van der Waals surface area contributed by atoms with E-state index in [1.54, 1.807) is 17.0 Å². The maximum Gasteiger partial charge on any atom is 0.414 e. The molecule has 162 valence electrons. The van der Waals surface area contributed by atoms with E-state index < -0.39 is 12.2 Å². The summed E-state index contributed by atoms with van der Waals surface area (Å²) >= 11 is 0. The number of halogens is 1. The van der Waals surface area contributed by atoms with Gasteiger partial charge >= 0.3 is 6.09 Å². The number of cyclic esters (lactones) is 1. The molecule has 3 heterocycles. The molecule has 1 unspecified atom stereocenters. The van der Waals surface area contributed by atoms with E-state index >= 15 is 0 Å². The van der Waals surface area contributed by atoms with Crippen molar-refractivity contribution in [3.8, 4) is 0 Å². The van der Waals surface area contributed by atoms with E-state index in [4.69, 9.17) is 9.26 Å². The van der Waals surface area contributed by atoms with Crippen molar-refractivity contribution in [3.05, 3.63) is 47.6 Å². The first-order chi connectivity index (χ1) is 14.9. The minimum Gasteiger partial charge on any atom is -0.442 e. The summed E-state index contributed by atoms with van der Waals surface area (Å²) in [7, 11) is 0. The molecule has 0 spiro atoms. The topological polar surface area (TPSA) is 105 Å². The molecular formula is C21H21FN4O5. The smallest absolute Gasteiger partial charge is 0.414 e. The molecule has 2 saturated heterocycles. The summed E-state index contributed by atoms with van der Waals surface area (Å²) in [5.41, 5.74) is 1.03. The Bertz CT molecular complexity index is 1030. The van der Waals surface area contributed by atoms with Gasteiger partial charge in [0.15, 0.2) is 0 Å². The molecule has 9 nitrogen and oxygen atoms in total. The molecular weight excluding hydrogens is 407 g/mol. The van der Waals surface area contributed by atoms with E-state index in [2.05, 4.69) is 10.5 Å². The van der Waals surface area contributed by atoms with Gasteiger partial charge in [0.05, 0.1) is 25.0 Å². The minimum absolute atomic E-state index is 0.0610. The lowest BCUT2D eigenvalue weighted by molar-refractivity contribution is -0.119. The van der Waals surface area contributed by atoms with Crippen molar-refractivity contribution in [2.45, 2.75) is 18.9 Å². The highest BCUT2D eigenvalue weighted by molar-refractivity contribution is 5.92. The Morgan fingerprint density at radius 2 is 2.00 bits per heavy atom. The molecule has 31 heavy (non-hydrogen) atoms. The molecule has 1 saturated carbocycles. The third-order valence-electron chi connectivity index (χ3n) is 6.24. The lowest BCUT2D eigenvalue weighted by Crippen LogP contribution is -2.33. The van der Waals surface area contributed by atoms with E-state index in [-0.39, 0.29) is 54.2 Å². The fourth-order valence-corrected chi connectivity index (χ4v) is 4.69. The van der Waals surface area contributed by atoms with Crippen LogP contribution in [-0.2, 0) is 9.53 Å². The van der Waals surface area contributed by atoms with Gasteiger partial charge < -0.3 is 19.5 Å². The predicted molar refractivity (Wildman–Crippen MR) is 105 cm³/mol. The number of carbonyl (C=O) groups excluding carboxylic acids is 3. The van der Waals surface area contributed by atoms with Crippen LogP contribution in [0, 0.1) is 17.7 Å². The largest absolute Gasteiger partial charge is 0.442 e. The number of benzene rings is 1. The number of amides is 3. The Balaban J connectivity index is 1.22. The summed E-state index contributed by atoms with van der Waals surface area (Å²) in [5, 5.41) is 6.17. The van der Waals surface area contributed by atoms with Crippen LogP contribution in [0.3, 0.4) is 0 Å². The predicted octanol–water partition coefficient (Wildman–Crippen LogP) is 1.76.